The third-order valence-corrected chi connectivity index (χ3v) is 13.8. The number of carbonyl (C=O) groups is 3. The van der Waals surface area contributed by atoms with E-state index < -0.39 is 51.4 Å². The van der Waals surface area contributed by atoms with Crippen LogP contribution < -0.4 is 10.7 Å². The topological polar surface area (TPSA) is 171 Å². The summed E-state index contributed by atoms with van der Waals surface area (Å²) in [4.78, 5) is 51.9. The zero-order valence-corrected chi connectivity index (χ0v) is 37.9. The zero-order chi connectivity index (χ0) is 43.7. The molecule has 2 N–H and O–H groups in total. The number of esters is 1. The molecular formula is C44H60N6O8S2. The first-order chi connectivity index (χ1) is 28.4. The fourth-order valence-electron chi connectivity index (χ4n) is 8.40. The summed E-state index contributed by atoms with van der Waals surface area (Å²) in [6.45, 7) is 18.6. The van der Waals surface area contributed by atoms with Gasteiger partial charge in [-0.05, 0) is 69.6 Å². The fraction of sp³-hybridized carbons (Fsp3) is 0.568. The minimum Gasteiger partial charge on any atom is -0.464 e. The lowest BCUT2D eigenvalue weighted by atomic mass is 9.84. The van der Waals surface area contributed by atoms with Crippen LogP contribution in [0.25, 0.3) is 27.7 Å². The highest BCUT2D eigenvalue weighted by molar-refractivity contribution is 7.90. The second-order valence-corrected chi connectivity index (χ2v) is 20.2. The van der Waals surface area contributed by atoms with Crippen molar-refractivity contribution in [2.75, 3.05) is 38.9 Å². The molecule has 6 rings (SSSR count). The first-order valence-corrected chi connectivity index (χ1v) is 23.7. The Hall–Kier alpha value is -4.22. The average molecular weight is 865 g/mol. The normalized spacial score (nSPS) is 25.7. The number of cyclic esters (lactones) is 1. The van der Waals surface area contributed by atoms with E-state index in [1.807, 2.05) is 76.6 Å². The Bertz CT molecular complexity index is 2290. The number of benzene rings is 1. The Morgan fingerprint density at radius 1 is 1.25 bits per heavy atom. The summed E-state index contributed by atoms with van der Waals surface area (Å²) in [7, 11) is -1.78. The summed E-state index contributed by atoms with van der Waals surface area (Å²) in [5, 5.41) is 7.75. The van der Waals surface area contributed by atoms with E-state index >= 15 is 0 Å². The van der Waals surface area contributed by atoms with Gasteiger partial charge in [0, 0.05) is 78.0 Å². The number of methoxy groups -OCH3 is 1. The molecule has 2 aliphatic heterocycles. The molecule has 4 heterocycles. The molecule has 0 unspecified atom stereocenters. The minimum atomic E-state index is -3.38. The molecule has 60 heavy (non-hydrogen) atoms. The molecule has 3 aromatic rings. The molecule has 1 aromatic carbocycles. The van der Waals surface area contributed by atoms with Crippen molar-refractivity contribution in [1.82, 2.24) is 25.3 Å². The molecule has 6 bridgehead atoms. The standard InChI is InChI=1S/C44H60N6O8S2/c1-11-29(36(45-12-2)27(6)56-9)38-31-22-44(7,8)24-58-43(53)32-15-14-18-50(48-32)42(52)37(47-40(51)35-25(4)26(35)5)39(57-13-3)41-46-33(23-59-41)28-16-17-34(30(31)21-28)49(38)19-20-60(10,54)55/h11-12,16-17,21,23,25-27,32,35,37,39,48H,1,13-15,18-20,22,24H2,2-10H3,(H,47,51)/b36-29+,45-12-/t25-,26+,27-,32-,35+,37-,39-/m0/s1. The Morgan fingerprint density at radius 3 is 2.62 bits per heavy atom. The lowest BCUT2D eigenvalue weighted by Gasteiger charge is -2.37. The van der Waals surface area contributed by atoms with Crippen LogP contribution in [-0.4, -0.2) is 104 Å². The van der Waals surface area contributed by atoms with Gasteiger partial charge in [-0.3, -0.25) is 24.4 Å². The summed E-state index contributed by atoms with van der Waals surface area (Å²) in [6.07, 6.45) is 4.71. The maximum Gasteiger partial charge on any atom is 0.324 e. The lowest BCUT2D eigenvalue weighted by molar-refractivity contribution is -0.156. The monoisotopic (exact) mass is 864 g/mol. The molecule has 2 fully saturated rings. The summed E-state index contributed by atoms with van der Waals surface area (Å²) in [6, 6.07) is 4.04. The van der Waals surface area contributed by atoms with Crippen molar-refractivity contribution in [3.8, 4) is 11.3 Å². The fourth-order valence-corrected chi connectivity index (χ4v) is 9.83. The van der Waals surface area contributed by atoms with Crippen molar-refractivity contribution < 1.29 is 37.0 Å². The number of rotatable bonds is 12. The van der Waals surface area contributed by atoms with Crippen molar-refractivity contribution in [2.45, 2.75) is 98.6 Å². The molecule has 3 aliphatic rings. The number of hydrazine groups is 1. The van der Waals surface area contributed by atoms with Crippen LogP contribution >= 0.6 is 11.3 Å². The van der Waals surface area contributed by atoms with E-state index in [1.165, 1.54) is 22.6 Å². The predicted octanol–water partition coefficient (Wildman–Crippen LogP) is 5.92. The van der Waals surface area contributed by atoms with Crippen molar-refractivity contribution in [2.24, 2.45) is 28.2 Å². The number of aliphatic imine (C=N–C) groups is 1. The van der Waals surface area contributed by atoms with Crippen molar-refractivity contribution in [3.63, 3.8) is 0 Å². The zero-order valence-electron chi connectivity index (χ0n) is 36.2. The Kier molecular flexibility index (Phi) is 13.9. The highest BCUT2D eigenvalue weighted by Crippen LogP contribution is 2.46. The average Bonchev–Trinajstić information content (AvgIpc) is 3.48. The van der Waals surface area contributed by atoms with Crippen molar-refractivity contribution in [3.05, 3.63) is 58.2 Å². The third kappa shape index (κ3) is 9.62. The molecular weight excluding hydrogens is 805 g/mol. The number of nitrogens with one attached hydrogen (secondary N) is 2. The second kappa shape index (κ2) is 18.4. The number of aryl methyl sites for hydroxylation is 1. The van der Waals surface area contributed by atoms with Gasteiger partial charge in [-0.1, -0.05) is 46.4 Å². The van der Waals surface area contributed by atoms with Gasteiger partial charge in [-0.25, -0.2) is 18.8 Å². The van der Waals surface area contributed by atoms with Crippen LogP contribution in [0, 0.1) is 23.2 Å². The van der Waals surface area contributed by atoms with Gasteiger partial charge < -0.3 is 24.1 Å². The van der Waals surface area contributed by atoms with Crippen LogP contribution in [-0.2, 0) is 51.4 Å². The van der Waals surface area contributed by atoms with Crippen LogP contribution in [0.2, 0.25) is 0 Å². The molecule has 1 saturated heterocycles. The van der Waals surface area contributed by atoms with E-state index in [4.69, 9.17) is 24.2 Å². The molecule has 14 nitrogen and oxygen atoms in total. The summed E-state index contributed by atoms with van der Waals surface area (Å²) >= 11 is 1.34. The number of thiazole rings is 1. The Balaban J connectivity index is 1.59. The van der Waals surface area contributed by atoms with Crippen LogP contribution in [0.5, 0.6) is 0 Å². The molecule has 1 aliphatic carbocycles. The molecule has 0 radical (unpaired) electrons. The summed E-state index contributed by atoms with van der Waals surface area (Å²) < 4.78 is 45.6. The maximum absolute atomic E-state index is 14.6. The highest BCUT2D eigenvalue weighted by atomic mass is 32.2. The third-order valence-electron chi connectivity index (χ3n) is 12.0. The molecule has 16 heteroatoms. The highest BCUT2D eigenvalue weighted by Gasteiger charge is 2.50. The number of hydrogen-bond acceptors (Lipinski definition) is 12. The Morgan fingerprint density at radius 2 is 1.98 bits per heavy atom. The summed E-state index contributed by atoms with van der Waals surface area (Å²) in [5.41, 5.74) is 7.67. The van der Waals surface area contributed by atoms with Crippen LogP contribution in [0.1, 0.15) is 83.7 Å². The Labute approximate surface area is 357 Å². The molecule has 0 spiro atoms. The van der Waals surface area contributed by atoms with Gasteiger partial charge in [0.25, 0.3) is 5.91 Å². The number of nitrogens with zero attached hydrogens (tertiary/aromatic N) is 4. The molecule has 326 valence electrons. The van der Waals surface area contributed by atoms with Gasteiger partial charge >= 0.3 is 5.97 Å². The van der Waals surface area contributed by atoms with Crippen molar-refractivity contribution >= 4 is 61.6 Å². The molecule has 2 aromatic heterocycles. The maximum atomic E-state index is 14.6. The van der Waals surface area contributed by atoms with Crippen molar-refractivity contribution in [1.29, 1.82) is 0 Å². The number of allylic oxidation sites excluding steroid dienone is 2. The molecule has 7 atom stereocenters. The van der Waals surface area contributed by atoms with Gasteiger partial charge in [0.1, 0.15) is 33.0 Å². The molecule has 2 amide bonds. The number of sulfone groups is 1. The van der Waals surface area contributed by atoms with Gasteiger partial charge in [0.2, 0.25) is 5.91 Å². The first-order valence-electron chi connectivity index (χ1n) is 20.8. The minimum absolute atomic E-state index is 0.0486. The van der Waals surface area contributed by atoms with E-state index in [0.717, 1.165) is 27.7 Å². The lowest BCUT2D eigenvalue weighted by Crippen LogP contribution is -2.61. The largest absolute Gasteiger partial charge is 0.464 e. The van der Waals surface area contributed by atoms with E-state index in [1.54, 1.807) is 19.4 Å². The summed E-state index contributed by atoms with van der Waals surface area (Å²) in [5.74, 6) is -1.11. The van der Waals surface area contributed by atoms with Crippen LogP contribution in [0.3, 0.4) is 0 Å². The van der Waals surface area contributed by atoms with E-state index in [-0.39, 0.29) is 49.2 Å². The van der Waals surface area contributed by atoms with Gasteiger partial charge in [0.05, 0.1) is 35.5 Å². The number of ether oxygens (including phenoxy) is 3. The molecule has 1 saturated carbocycles. The number of amides is 2. The number of carbonyl (C=O) groups excluding carboxylic acids is 3. The SMILES string of the molecule is C=C/C(=C(\N=C/C)[C@H](C)OC)c1c2c3cc(ccc3n1CCS(C)(=O)=O)-c1csc(n1)[C@@H](OCC)[C@H](NC(=O)[C@H]1[C@H](C)[C@@H]1C)C(=O)N1CCC[C@H](N1)C(=O)OCC(C)(C)C2. The predicted molar refractivity (Wildman–Crippen MR) is 235 cm³/mol. The van der Waals surface area contributed by atoms with Crippen LogP contribution in [0.15, 0.2) is 46.9 Å². The quantitative estimate of drug-likeness (QED) is 0.127. The first kappa shape index (κ1) is 45.3. The number of aromatic nitrogens is 2. The van der Waals surface area contributed by atoms with Gasteiger partial charge in [0.15, 0.2) is 0 Å². The van der Waals surface area contributed by atoms with E-state index in [9.17, 15) is 22.8 Å². The van der Waals surface area contributed by atoms with Gasteiger partial charge in [-0.15, -0.1) is 11.3 Å². The number of hydrogen-bond donors (Lipinski definition) is 2. The van der Waals surface area contributed by atoms with E-state index in [0.29, 0.717) is 47.8 Å². The van der Waals surface area contributed by atoms with Gasteiger partial charge in [-0.2, -0.15) is 0 Å². The smallest absolute Gasteiger partial charge is 0.324 e. The van der Waals surface area contributed by atoms with E-state index in [2.05, 4.69) is 17.3 Å². The second-order valence-electron chi connectivity index (χ2n) is 17.0. The van der Waals surface area contributed by atoms with Crippen LogP contribution in [0.4, 0.5) is 0 Å². The number of fused-ring (bicyclic) bond motifs is 6.